The van der Waals surface area contributed by atoms with E-state index in [-0.39, 0.29) is 23.9 Å². The number of aromatic nitrogens is 2. The number of rotatable bonds is 5. The predicted molar refractivity (Wildman–Crippen MR) is 106 cm³/mol. The smallest absolute Gasteiger partial charge is 0.222 e. The number of para-hydroxylation sites is 1. The highest BCUT2D eigenvalue weighted by Crippen LogP contribution is 2.40. The molecular formula is C19H16BrN5O2. The number of hydrogen-bond acceptors (Lipinski definition) is 7. The van der Waals surface area contributed by atoms with E-state index >= 15 is 0 Å². The second-order valence-corrected chi connectivity index (χ2v) is 6.37. The molecule has 0 amide bonds. The van der Waals surface area contributed by atoms with Gasteiger partial charge in [-0.1, -0.05) is 40.2 Å². The molecule has 0 bridgehead atoms. The van der Waals surface area contributed by atoms with Crippen LogP contribution in [-0.4, -0.2) is 17.1 Å². The molecule has 136 valence electrons. The van der Waals surface area contributed by atoms with Gasteiger partial charge in [-0.15, -0.1) is 0 Å². The molecule has 7 nitrogen and oxygen atoms in total. The molecule has 0 atom stereocenters. The molecule has 3 rings (SSSR count). The standard InChI is InChI=1S/C19H16BrN5O2/c1-26-15-8-4-6-12(16-13(9-21)18(22)25-19(23)24-16)17(15)27-10-11-5-2-3-7-14(11)20/h2-8H,10H2,1H3,(H4,22,23,24,25). The Morgan fingerprint density at radius 2 is 1.89 bits per heavy atom. The van der Waals surface area contributed by atoms with Crippen LogP contribution < -0.4 is 20.9 Å². The van der Waals surface area contributed by atoms with Crippen LogP contribution in [0.5, 0.6) is 11.5 Å². The lowest BCUT2D eigenvalue weighted by Crippen LogP contribution is -2.06. The summed E-state index contributed by atoms with van der Waals surface area (Å²) < 4.78 is 12.4. The molecule has 1 aromatic heterocycles. The molecule has 2 aromatic carbocycles. The van der Waals surface area contributed by atoms with Crippen molar-refractivity contribution in [1.82, 2.24) is 9.97 Å². The van der Waals surface area contributed by atoms with Crippen molar-refractivity contribution in [3.8, 4) is 28.8 Å². The van der Waals surface area contributed by atoms with E-state index in [9.17, 15) is 5.26 Å². The van der Waals surface area contributed by atoms with Crippen molar-refractivity contribution in [3.63, 3.8) is 0 Å². The number of methoxy groups -OCH3 is 1. The molecule has 0 saturated carbocycles. The third kappa shape index (κ3) is 3.78. The zero-order chi connectivity index (χ0) is 19.4. The number of nitrogens with two attached hydrogens (primary N) is 2. The van der Waals surface area contributed by atoms with E-state index in [0.29, 0.717) is 22.8 Å². The minimum Gasteiger partial charge on any atom is -0.493 e. The third-order valence-electron chi connectivity index (χ3n) is 3.85. The number of ether oxygens (including phenoxy) is 2. The molecule has 0 aliphatic carbocycles. The maximum Gasteiger partial charge on any atom is 0.222 e. The van der Waals surface area contributed by atoms with Gasteiger partial charge in [0.2, 0.25) is 5.95 Å². The second kappa shape index (κ2) is 7.93. The first kappa shape index (κ1) is 18.5. The summed E-state index contributed by atoms with van der Waals surface area (Å²) >= 11 is 3.50. The molecule has 0 aliphatic heterocycles. The van der Waals surface area contributed by atoms with Gasteiger partial charge < -0.3 is 20.9 Å². The Balaban J connectivity index is 2.11. The zero-order valence-corrected chi connectivity index (χ0v) is 16.0. The SMILES string of the molecule is COc1cccc(-c2nc(N)nc(N)c2C#N)c1OCc1ccccc1Br. The Kier molecular flexibility index (Phi) is 5.43. The Bertz CT molecular complexity index is 1030. The lowest BCUT2D eigenvalue weighted by Gasteiger charge is -2.16. The van der Waals surface area contributed by atoms with E-state index in [1.54, 1.807) is 18.2 Å². The van der Waals surface area contributed by atoms with Crippen LogP contribution in [0.25, 0.3) is 11.3 Å². The third-order valence-corrected chi connectivity index (χ3v) is 4.62. The van der Waals surface area contributed by atoms with Gasteiger partial charge in [0.05, 0.1) is 12.8 Å². The van der Waals surface area contributed by atoms with Gasteiger partial charge in [0.15, 0.2) is 11.5 Å². The topological polar surface area (TPSA) is 120 Å². The largest absolute Gasteiger partial charge is 0.493 e. The van der Waals surface area contributed by atoms with E-state index in [4.69, 9.17) is 20.9 Å². The van der Waals surface area contributed by atoms with Gasteiger partial charge in [-0.3, -0.25) is 0 Å². The van der Waals surface area contributed by atoms with Gasteiger partial charge in [0, 0.05) is 15.6 Å². The number of halogens is 1. The molecule has 27 heavy (non-hydrogen) atoms. The van der Waals surface area contributed by atoms with E-state index in [0.717, 1.165) is 10.0 Å². The summed E-state index contributed by atoms with van der Waals surface area (Å²) in [6, 6.07) is 15.1. The van der Waals surface area contributed by atoms with Crippen LogP contribution in [-0.2, 0) is 6.61 Å². The van der Waals surface area contributed by atoms with Gasteiger partial charge in [0.25, 0.3) is 0 Å². The molecule has 0 saturated heterocycles. The molecule has 3 aromatic rings. The van der Waals surface area contributed by atoms with E-state index < -0.39 is 0 Å². The molecule has 1 heterocycles. The minimum absolute atomic E-state index is 0.0135. The summed E-state index contributed by atoms with van der Waals surface area (Å²) in [5.74, 6) is 0.921. The zero-order valence-electron chi connectivity index (χ0n) is 14.4. The average molecular weight is 426 g/mol. The summed E-state index contributed by atoms with van der Waals surface area (Å²) in [6.07, 6.45) is 0. The van der Waals surface area contributed by atoms with Crippen molar-refractivity contribution in [2.24, 2.45) is 0 Å². The molecule has 0 radical (unpaired) electrons. The summed E-state index contributed by atoms with van der Waals surface area (Å²) in [7, 11) is 1.54. The van der Waals surface area contributed by atoms with Crippen molar-refractivity contribution in [2.75, 3.05) is 18.6 Å². The number of nitriles is 1. The van der Waals surface area contributed by atoms with Gasteiger partial charge >= 0.3 is 0 Å². The minimum atomic E-state index is -0.0268. The summed E-state index contributed by atoms with van der Waals surface area (Å²) in [6.45, 7) is 0.284. The monoisotopic (exact) mass is 425 g/mol. The maximum atomic E-state index is 9.48. The number of anilines is 2. The van der Waals surface area contributed by atoms with Gasteiger partial charge in [0.1, 0.15) is 24.1 Å². The fourth-order valence-electron chi connectivity index (χ4n) is 2.58. The maximum absolute atomic E-state index is 9.48. The average Bonchev–Trinajstić information content (AvgIpc) is 2.66. The van der Waals surface area contributed by atoms with Crippen LogP contribution in [0.15, 0.2) is 46.9 Å². The quantitative estimate of drug-likeness (QED) is 0.640. The summed E-state index contributed by atoms with van der Waals surface area (Å²) in [5.41, 5.74) is 13.5. The Hall–Kier alpha value is -3.31. The van der Waals surface area contributed by atoms with Crippen molar-refractivity contribution in [2.45, 2.75) is 6.61 Å². The van der Waals surface area contributed by atoms with Crippen molar-refractivity contribution in [3.05, 3.63) is 58.1 Å². The molecule has 4 N–H and O–H groups in total. The van der Waals surface area contributed by atoms with Crippen LogP contribution in [0.3, 0.4) is 0 Å². The van der Waals surface area contributed by atoms with E-state index in [1.165, 1.54) is 7.11 Å². The number of nitrogen functional groups attached to an aromatic ring is 2. The Labute approximate surface area is 164 Å². The highest BCUT2D eigenvalue weighted by atomic mass is 79.9. The van der Waals surface area contributed by atoms with Gasteiger partial charge in [-0.05, 0) is 18.2 Å². The highest BCUT2D eigenvalue weighted by molar-refractivity contribution is 9.10. The van der Waals surface area contributed by atoms with Crippen molar-refractivity contribution < 1.29 is 9.47 Å². The van der Waals surface area contributed by atoms with Crippen LogP contribution in [0.2, 0.25) is 0 Å². The summed E-state index contributed by atoms with van der Waals surface area (Å²) in [4.78, 5) is 8.05. The first-order valence-corrected chi connectivity index (χ1v) is 8.71. The predicted octanol–water partition coefficient (Wildman–Crippen LogP) is 3.53. The lowest BCUT2D eigenvalue weighted by molar-refractivity contribution is 0.285. The number of hydrogen-bond donors (Lipinski definition) is 2. The Morgan fingerprint density at radius 1 is 1.11 bits per heavy atom. The summed E-state index contributed by atoms with van der Waals surface area (Å²) in [5, 5.41) is 9.48. The number of benzene rings is 2. The van der Waals surface area contributed by atoms with E-state index in [1.807, 2.05) is 30.3 Å². The fourth-order valence-corrected chi connectivity index (χ4v) is 2.98. The molecular weight excluding hydrogens is 410 g/mol. The van der Waals surface area contributed by atoms with Crippen LogP contribution in [0.1, 0.15) is 11.1 Å². The van der Waals surface area contributed by atoms with Crippen LogP contribution in [0.4, 0.5) is 11.8 Å². The fraction of sp³-hybridized carbons (Fsp3) is 0.105. The molecule has 0 fully saturated rings. The van der Waals surface area contributed by atoms with Crippen LogP contribution in [0, 0.1) is 11.3 Å². The first-order valence-electron chi connectivity index (χ1n) is 7.91. The van der Waals surface area contributed by atoms with Crippen molar-refractivity contribution in [1.29, 1.82) is 5.26 Å². The first-order chi connectivity index (χ1) is 13.0. The Morgan fingerprint density at radius 3 is 2.59 bits per heavy atom. The second-order valence-electron chi connectivity index (χ2n) is 5.52. The van der Waals surface area contributed by atoms with Crippen molar-refractivity contribution >= 4 is 27.7 Å². The molecule has 8 heteroatoms. The van der Waals surface area contributed by atoms with E-state index in [2.05, 4.69) is 25.9 Å². The van der Waals surface area contributed by atoms with Crippen LogP contribution >= 0.6 is 15.9 Å². The molecule has 0 aliphatic rings. The van der Waals surface area contributed by atoms with Gasteiger partial charge in [-0.25, -0.2) is 4.98 Å². The number of nitrogens with zero attached hydrogens (tertiary/aromatic N) is 3. The lowest BCUT2D eigenvalue weighted by atomic mass is 10.1. The molecule has 0 unspecified atom stereocenters. The normalized spacial score (nSPS) is 10.3. The highest BCUT2D eigenvalue weighted by Gasteiger charge is 2.20. The molecule has 0 spiro atoms. The van der Waals surface area contributed by atoms with Gasteiger partial charge in [-0.2, -0.15) is 10.2 Å².